The standard InChI is InChI=1S/C14H19Cl2NO2S/c1-2-14(12-4-3-11(15)7-13(12)16)17-8-10-5-6-20(18,19)9-10/h3-4,7,10,14,17H,2,5-6,8-9H2,1H3. The average molecular weight is 336 g/mol. The molecule has 6 heteroatoms. The molecule has 2 atom stereocenters. The summed E-state index contributed by atoms with van der Waals surface area (Å²) in [5.74, 6) is 0.822. The number of hydrogen-bond acceptors (Lipinski definition) is 3. The van der Waals surface area contributed by atoms with E-state index in [9.17, 15) is 8.42 Å². The first-order chi connectivity index (χ1) is 9.41. The predicted molar refractivity (Wildman–Crippen MR) is 84.3 cm³/mol. The Hall–Kier alpha value is -0.290. The van der Waals surface area contributed by atoms with E-state index in [4.69, 9.17) is 23.2 Å². The summed E-state index contributed by atoms with van der Waals surface area (Å²) in [4.78, 5) is 0. The van der Waals surface area contributed by atoms with E-state index in [1.165, 1.54) is 0 Å². The van der Waals surface area contributed by atoms with Gasteiger partial charge in [-0.15, -0.1) is 0 Å². The minimum absolute atomic E-state index is 0.128. The topological polar surface area (TPSA) is 46.2 Å². The van der Waals surface area contributed by atoms with Gasteiger partial charge < -0.3 is 5.32 Å². The third-order valence-corrected chi connectivity index (χ3v) is 6.13. The normalized spacial score (nSPS) is 22.9. The predicted octanol–water partition coefficient (Wildman–Crippen LogP) is 3.47. The van der Waals surface area contributed by atoms with Gasteiger partial charge in [0.25, 0.3) is 0 Å². The lowest BCUT2D eigenvalue weighted by atomic mass is 10.0. The van der Waals surface area contributed by atoms with Crippen molar-refractivity contribution in [2.45, 2.75) is 25.8 Å². The van der Waals surface area contributed by atoms with Crippen LogP contribution >= 0.6 is 23.2 Å². The molecule has 1 heterocycles. The molecule has 1 fully saturated rings. The lowest BCUT2D eigenvalue weighted by molar-refractivity contribution is 0.450. The third kappa shape index (κ3) is 4.10. The van der Waals surface area contributed by atoms with Gasteiger partial charge in [0.2, 0.25) is 0 Å². The van der Waals surface area contributed by atoms with Gasteiger partial charge in [0.05, 0.1) is 11.5 Å². The van der Waals surface area contributed by atoms with E-state index >= 15 is 0 Å². The molecule has 0 amide bonds. The van der Waals surface area contributed by atoms with Gasteiger partial charge in [-0.05, 0) is 43.0 Å². The molecule has 2 unspecified atom stereocenters. The molecule has 1 aliphatic heterocycles. The number of halogens is 2. The summed E-state index contributed by atoms with van der Waals surface area (Å²) in [6.07, 6.45) is 1.64. The van der Waals surface area contributed by atoms with Crippen molar-refractivity contribution in [2.75, 3.05) is 18.1 Å². The number of sulfone groups is 1. The Balaban J connectivity index is 1.99. The largest absolute Gasteiger partial charge is 0.310 e. The van der Waals surface area contributed by atoms with E-state index in [0.717, 1.165) is 18.4 Å². The van der Waals surface area contributed by atoms with Gasteiger partial charge in [-0.3, -0.25) is 0 Å². The Kier molecular flexibility index (Phi) is 5.35. The van der Waals surface area contributed by atoms with Crippen molar-refractivity contribution in [1.29, 1.82) is 0 Å². The van der Waals surface area contributed by atoms with Crippen LogP contribution in [0.1, 0.15) is 31.4 Å². The lowest BCUT2D eigenvalue weighted by Crippen LogP contribution is -2.28. The first kappa shape index (κ1) is 16.1. The first-order valence-corrected chi connectivity index (χ1v) is 9.37. The van der Waals surface area contributed by atoms with Gasteiger partial charge in [0, 0.05) is 16.1 Å². The Bertz CT molecular complexity index is 575. The summed E-state index contributed by atoms with van der Waals surface area (Å²) in [5.41, 5.74) is 1.01. The lowest BCUT2D eigenvalue weighted by Gasteiger charge is -2.20. The van der Waals surface area contributed by atoms with E-state index in [2.05, 4.69) is 12.2 Å². The fraction of sp³-hybridized carbons (Fsp3) is 0.571. The molecule has 0 bridgehead atoms. The van der Waals surface area contributed by atoms with E-state index in [-0.39, 0.29) is 12.0 Å². The molecule has 1 aromatic rings. The highest BCUT2D eigenvalue weighted by molar-refractivity contribution is 7.91. The van der Waals surface area contributed by atoms with Crippen molar-refractivity contribution in [1.82, 2.24) is 5.32 Å². The van der Waals surface area contributed by atoms with Crippen molar-refractivity contribution in [3.63, 3.8) is 0 Å². The zero-order valence-corrected chi connectivity index (χ0v) is 13.7. The molecule has 3 nitrogen and oxygen atoms in total. The van der Waals surface area contributed by atoms with E-state index < -0.39 is 9.84 Å². The summed E-state index contributed by atoms with van der Waals surface area (Å²) < 4.78 is 22.9. The second kappa shape index (κ2) is 6.65. The highest BCUT2D eigenvalue weighted by Gasteiger charge is 2.28. The summed E-state index contributed by atoms with van der Waals surface area (Å²) in [7, 11) is -2.81. The zero-order valence-electron chi connectivity index (χ0n) is 11.4. The number of nitrogens with one attached hydrogen (secondary N) is 1. The highest BCUT2D eigenvalue weighted by atomic mass is 35.5. The van der Waals surface area contributed by atoms with Gasteiger partial charge in [0.1, 0.15) is 0 Å². The fourth-order valence-electron chi connectivity index (χ4n) is 2.60. The molecule has 112 valence electrons. The van der Waals surface area contributed by atoms with Crippen LogP contribution in [0.2, 0.25) is 10.0 Å². The van der Waals surface area contributed by atoms with Crippen LogP contribution in [0.25, 0.3) is 0 Å². The molecule has 0 saturated carbocycles. The molecule has 0 spiro atoms. The van der Waals surface area contributed by atoms with Crippen molar-refractivity contribution in [3.05, 3.63) is 33.8 Å². The minimum Gasteiger partial charge on any atom is -0.310 e. The molecule has 0 radical (unpaired) electrons. The highest BCUT2D eigenvalue weighted by Crippen LogP contribution is 2.28. The Morgan fingerprint density at radius 3 is 2.70 bits per heavy atom. The maximum Gasteiger partial charge on any atom is 0.150 e. The first-order valence-electron chi connectivity index (χ1n) is 6.80. The molecular formula is C14H19Cl2NO2S. The van der Waals surface area contributed by atoms with Crippen LogP contribution in [0.3, 0.4) is 0 Å². The van der Waals surface area contributed by atoms with Crippen LogP contribution in [0.15, 0.2) is 18.2 Å². The quantitative estimate of drug-likeness (QED) is 0.896. The fourth-order valence-corrected chi connectivity index (χ4v) is 5.00. The number of benzene rings is 1. The minimum atomic E-state index is -2.81. The summed E-state index contributed by atoms with van der Waals surface area (Å²) in [6, 6.07) is 5.62. The van der Waals surface area contributed by atoms with E-state index in [1.54, 1.807) is 6.07 Å². The van der Waals surface area contributed by atoms with Crippen LogP contribution in [0.4, 0.5) is 0 Å². The van der Waals surface area contributed by atoms with Crippen LogP contribution in [0, 0.1) is 5.92 Å². The van der Waals surface area contributed by atoms with Crippen LogP contribution in [-0.2, 0) is 9.84 Å². The third-order valence-electron chi connectivity index (χ3n) is 3.73. The number of rotatable bonds is 5. The Morgan fingerprint density at radius 1 is 1.40 bits per heavy atom. The van der Waals surface area contributed by atoms with Crippen LogP contribution in [-0.4, -0.2) is 26.5 Å². The molecule has 1 N–H and O–H groups in total. The van der Waals surface area contributed by atoms with Crippen LogP contribution < -0.4 is 5.32 Å². The maximum atomic E-state index is 11.5. The van der Waals surface area contributed by atoms with Crippen molar-refractivity contribution in [2.24, 2.45) is 5.92 Å². The van der Waals surface area contributed by atoms with Crippen molar-refractivity contribution >= 4 is 33.0 Å². The molecule has 1 saturated heterocycles. The average Bonchev–Trinajstić information content (AvgIpc) is 2.72. The van der Waals surface area contributed by atoms with Gasteiger partial charge in [-0.25, -0.2) is 8.42 Å². The SMILES string of the molecule is CCC(NCC1CCS(=O)(=O)C1)c1ccc(Cl)cc1Cl. The summed E-state index contributed by atoms with van der Waals surface area (Å²) >= 11 is 12.1. The molecule has 2 rings (SSSR count). The van der Waals surface area contributed by atoms with Gasteiger partial charge in [0.15, 0.2) is 9.84 Å². The molecule has 0 aliphatic carbocycles. The molecule has 20 heavy (non-hydrogen) atoms. The zero-order chi connectivity index (χ0) is 14.8. The molecule has 0 aromatic heterocycles. The number of hydrogen-bond donors (Lipinski definition) is 1. The van der Waals surface area contributed by atoms with Crippen molar-refractivity contribution < 1.29 is 8.42 Å². The van der Waals surface area contributed by atoms with Crippen LogP contribution in [0.5, 0.6) is 0 Å². The Labute approximate surface area is 130 Å². The molecule has 1 aliphatic rings. The maximum absolute atomic E-state index is 11.5. The van der Waals surface area contributed by atoms with E-state index in [0.29, 0.717) is 28.1 Å². The molecular weight excluding hydrogens is 317 g/mol. The van der Waals surface area contributed by atoms with Gasteiger partial charge in [-0.1, -0.05) is 36.2 Å². The summed E-state index contributed by atoms with van der Waals surface area (Å²) in [6.45, 7) is 2.78. The second-order valence-corrected chi connectivity index (χ2v) is 8.38. The van der Waals surface area contributed by atoms with Gasteiger partial charge in [-0.2, -0.15) is 0 Å². The monoisotopic (exact) mass is 335 g/mol. The summed E-state index contributed by atoms with van der Waals surface area (Å²) in [5, 5.41) is 4.70. The molecule has 1 aromatic carbocycles. The van der Waals surface area contributed by atoms with E-state index in [1.807, 2.05) is 12.1 Å². The Morgan fingerprint density at radius 2 is 2.15 bits per heavy atom. The van der Waals surface area contributed by atoms with Crippen molar-refractivity contribution in [3.8, 4) is 0 Å². The van der Waals surface area contributed by atoms with Gasteiger partial charge >= 0.3 is 0 Å². The second-order valence-electron chi connectivity index (χ2n) is 5.30. The smallest absolute Gasteiger partial charge is 0.150 e.